The van der Waals surface area contributed by atoms with Crippen LogP contribution in [0.2, 0.25) is 0 Å². The van der Waals surface area contributed by atoms with Gasteiger partial charge in [-0.25, -0.2) is 19.8 Å². The van der Waals surface area contributed by atoms with Gasteiger partial charge in [0.2, 0.25) is 15.9 Å². The van der Waals surface area contributed by atoms with Crippen LogP contribution in [0.4, 0.5) is 0 Å². The van der Waals surface area contributed by atoms with Crippen LogP contribution in [0.25, 0.3) is 10.8 Å². The topological polar surface area (TPSA) is 126 Å². The average Bonchev–Trinajstić information content (AvgIpc) is 2.73. The van der Waals surface area contributed by atoms with E-state index in [1.54, 1.807) is 24.3 Å². The number of hydrazone groups is 1. The molecule has 0 spiro atoms. The zero-order valence-corrected chi connectivity index (χ0v) is 16.7. The third-order valence-electron chi connectivity index (χ3n) is 4.60. The van der Waals surface area contributed by atoms with E-state index in [-0.39, 0.29) is 11.3 Å². The van der Waals surface area contributed by atoms with Crippen LogP contribution in [0, 0.1) is 0 Å². The fraction of sp³-hybridized carbons (Fsp3) is 0.200. The minimum Gasteiger partial charge on any atom is -0.358 e. The quantitative estimate of drug-likeness (QED) is 0.402. The monoisotopic (exact) mass is 413 g/mol. The van der Waals surface area contributed by atoms with Crippen molar-refractivity contribution < 1.29 is 13.2 Å². The van der Waals surface area contributed by atoms with E-state index in [9.17, 15) is 13.2 Å². The van der Waals surface area contributed by atoms with Gasteiger partial charge in [-0.2, -0.15) is 9.82 Å². The van der Waals surface area contributed by atoms with Gasteiger partial charge in [0.25, 0.3) is 0 Å². The Morgan fingerprint density at radius 2 is 1.93 bits per heavy atom. The van der Waals surface area contributed by atoms with E-state index in [0.29, 0.717) is 6.42 Å². The lowest BCUT2D eigenvalue weighted by Gasteiger charge is -2.19. The summed E-state index contributed by atoms with van der Waals surface area (Å²) in [5.74, 6) is 4.76. The zero-order valence-electron chi connectivity index (χ0n) is 15.9. The van der Waals surface area contributed by atoms with E-state index in [4.69, 9.17) is 5.84 Å². The second-order valence-corrected chi connectivity index (χ2v) is 8.26. The minimum atomic E-state index is -3.89. The molecule has 0 saturated heterocycles. The molecule has 1 aliphatic rings. The first-order chi connectivity index (χ1) is 13.9. The predicted octanol–water partition coefficient (Wildman–Crippen LogP) is 1.33. The third kappa shape index (κ3) is 5.08. The minimum absolute atomic E-state index is 0.113. The molecule has 0 aliphatic heterocycles. The molecule has 1 amide bonds. The summed E-state index contributed by atoms with van der Waals surface area (Å²) in [6, 6.07) is 11.4. The Morgan fingerprint density at radius 1 is 1.17 bits per heavy atom. The zero-order chi connectivity index (χ0) is 20.9. The number of nitrogens with two attached hydrogens (primary N) is 1. The normalized spacial score (nSPS) is 16.5. The number of fused-ring (bicyclic) bond motifs is 1. The van der Waals surface area contributed by atoms with Gasteiger partial charge < -0.3 is 5.32 Å². The molecule has 0 aromatic heterocycles. The Kier molecular flexibility index (Phi) is 6.42. The van der Waals surface area contributed by atoms with Crippen molar-refractivity contribution in [3.05, 3.63) is 66.3 Å². The van der Waals surface area contributed by atoms with Crippen molar-refractivity contribution in [2.24, 2.45) is 10.9 Å². The number of rotatable bonds is 7. The first-order valence-corrected chi connectivity index (χ1v) is 10.5. The Bertz CT molecular complexity index is 1110. The highest BCUT2D eigenvalue weighted by atomic mass is 32.2. The number of sulfonamides is 1. The highest BCUT2D eigenvalue weighted by Gasteiger charge is 2.26. The van der Waals surface area contributed by atoms with Gasteiger partial charge in [0, 0.05) is 13.5 Å². The Labute approximate surface area is 169 Å². The second kappa shape index (κ2) is 8.99. The lowest BCUT2D eigenvalue weighted by molar-refractivity contribution is -0.122. The van der Waals surface area contributed by atoms with Gasteiger partial charge in [0.05, 0.1) is 10.6 Å². The summed E-state index contributed by atoms with van der Waals surface area (Å²) in [5.41, 5.74) is 3.80. The molecule has 152 valence electrons. The van der Waals surface area contributed by atoms with Crippen molar-refractivity contribution >= 4 is 32.4 Å². The summed E-state index contributed by atoms with van der Waals surface area (Å²) >= 11 is 0. The number of benzene rings is 2. The van der Waals surface area contributed by atoms with Gasteiger partial charge in [0.15, 0.2) is 0 Å². The van der Waals surface area contributed by atoms with Gasteiger partial charge in [-0.05, 0) is 41.0 Å². The summed E-state index contributed by atoms with van der Waals surface area (Å²) in [6.07, 6.45) is 6.20. The van der Waals surface area contributed by atoms with Crippen LogP contribution in [-0.2, 0) is 14.8 Å². The molecule has 9 heteroatoms. The van der Waals surface area contributed by atoms with Crippen LogP contribution in [-0.4, -0.2) is 33.1 Å². The van der Waals surface area contributed by atoms with Crippen molar-refractivity contribution in [2.75, 3.05) is 7.05 Å². The van der Waals surface area contributed by atoms with E-state index in [2.05, 4.69) is 20.7 Å². The number of nitrogens with one attached hydrogen (secondary N) is 3. The fourth-order valence-corrected chi connectivity index (χ4v) is 4.31. The summed E-state index contributed by atoms with van der Waals surface area (Å²) in [6.45, 7) is 0. The molecule has 2 aromatic carbocycles. The lowest BCUT2D eigenvalue weighted by Crippen LogP contribution is -2.45. The summed E-state index contributed by atoms with van der Waals surface area (Å²) < 4.78 is 28.4. The molecule has 0 radical (unpaired) electrons. The molecule has 8 nitrogen and oxygen atoms in total. The van der Waals surface area contributed by atoms with Crippen molar-refractivity contribution in [1.82, 2.24) is 15.6 Å². The number of carbonyl (C=O) groups is 1. The first kappa shape index (κ1) is 20.7. The third-order valence-corrected chi connectivity index (χ3v) is 6.07. The number of nitrogens with zero attached hydrogens (tertiary/aromatic N) is 1. The smallest absolute Gasteiger partial charge is 0.241 e. The van der Waals surface area contributed by atoms with E-state index in [1.807, 2.05) is 30.3 Å². The Hall–Kier alpha value is -3.01. The van der Waals surface area contributed by atoms with E-state index in [1.165, 1.54) is 13.1 Å². The van der Waals surface area contributed by atoms with Crippen LogP contribution in [0.3, 0.4) is 0 Å². The molecule has 3 rings (SSSR count). The molecule has 1 atom stereocenters. The molecular weight excluding hydrogens is 390 g/mol. The molecule has 0 heterocycles. The van der Waals surface area contributed by atoms with Gasteiger partial charge in [0.1, 0.15) is 6.04 Å². The van der Waals surface area contributed by atoms with Gasteiger partial charge in [-0.3, -0.25) is 4.79 Å². The van der Waals surface area contributed by atoms with Crippen molar-refractivity contribution in [1.29, 1.82) is 0 Å². The molecule has 5 N–H and O–H groups in total. The summed E-state index contributed by atoms with van der Waals surface area (Å²) in [4.78, 5) is 12.4. The molecule has 0 bridgehead atoms. The van der Waals surface area contributed by atoms with Crippen molar-refractivity contribution in [3.8, 4) is 0 Å². The maximum Gasteiger partial charge on any atom is 0.241 e. The van der Waals surface area contributed by atoms with Gasteiger partial charge in [-0.1, -0.05) is 42.5 Å². The fourth-order valence-electron chi connectivity index (χ4n) is 3.08. The molecule has 0 fully saturated rings. The average molecular weight is 414 g/mol. The summed E-state index contributed by atoms with van der Waals surface area (Å²) in [5, 5.41) is 8.17. The van der Waals surface area contributed by atoms with Crippen molar-refractivity contribution in [3.63, 3.8) is 0 Å². The number of amides is 1. The molecule has 2 aromatic rings. The van der Waals surface area contributed by atoms with Crippen LogP contribution in [0.15, 0.2) is 76.3 Å². The number of carbonyl (C=O) groups excluding carboxylic acids is 1. The van der Waals surface area contributed by atoms with E-state index < -0.39 is 22.0 Å². The maximum absolute atomic E-state index is 12.9. The van der Waals surface area contributed by atoms with Crippen LogP contribution >= 0.6 is 0 Å². The van der Waals surface area contributed by atoms with E-state index in [0.717, 1.165) is 22.1 Å². The maximum atomic E-state index is 12.9. The largest absolute Gasteiger partial charge is 0.358 e. The Balaban J connectivity index is 1.81. The number of hydrogen-bond acceptors (Lipinski definition) is 6. The van der Waals surface area contributed by atoms with Crippen LogP contribution in [0.5, 0.6) is 0 Å². The number of hydrazine groups is 1. The SMILES string of the molecule is CNC(=O)[C@H](CC1=CCC(=NNN)C=C1)NS(=O)(=O)c1ccc2ccccc2c1. The van der Waals surface area contributed by atoms with E-state index >= 15 is 0 Å². The number of allylic oxidation sites excluding steroid dienone is 3. The standard InChI is InChI=1S/C20H23N5O3S/c1-22-20(26)19(12-14-6-9-17(10-7-14)23-25-21)24-29(27,28)18-11-8-15-4-2-3-5-16(15)13-18/h2-9,11,13,19,24-25H,10,12,21H2,1H3,(H,22,26)/t19-/m0/s1. The molecule has 29 heavy (non-hydrogen) atoms. The Morgan fingerprint density at radius 3 is 2.59 bits per heavy atom. The number of likely N-dealkylation sites (N-methyl/N-ethyl adjacent to an activating group) is 1. The second-order valence-electron chi connectivity index (χ2n) is 6.55. The van der Waals surface area contributed by atoms with Crippen LogP contribution < -0.4 is 21.4 Å². The van der Waals surface area contributed by atoms with Gasteiger partial charge in [-0.15, -0.1) is 0 Å². The van der Waals surface area contributed by atoms with Gasteiger partial charge >= 0.3 is 0 Å². The van der Waals surface area contributed by atoms with Crippen LogP contribution in [0.1, 0.15) is 12.8 Å². The first-order valence-electron chi connectivity index (χ1n) is 9.05. The highest BCUT2D eigenvalue weighted by Crippen LogP contribution is 2.20. The molecule has 1 aliphatic carbocycles. The predicted molar refractivity (Wildman–Crippen MR) is 113 cm³/mol. The molecular formula is C20H23N5O3S. The molecule has 0 unspecified atom stereocenters. The lowest BCUT2D eigenvalue weighted by atomic mass is 9.99. The summed E-state index contributed by atoms with van der Waals surface area (Å²) in [7, 11) is -2.41. The van der Waals surface area contributed by atoms with Crippen molar-refractivity contribution in [2.45, 2.75) is 23.8 Å². The highest BCUT2D eigenvalue weighted by molar-refractivity contribution is 7.89. The number of hydrogen-bond donors (Lipinski definition) is 4. The molecule has 0 saturated carbocycles.